The number of aliphatic hydroxyl groups is 1. The molecule has 3 N–H and O–H groups in total. The molecule has 0 radical (unpaired) electrons. The van der Waals surface area contributed by atoms with Gasteiger partial charge in [0.05, 0.1) is 29.6 Å². The number of fused-ring (bicyclic) bond motifs is 3. The van der Waals surface area contributed by atoms with E-state index < -0.39 is 81.2 Å². The van der Waals surface area contributed by atoms with Crippen molar-refractivity contribution in [3.05, 3.63) is 57.6 Å². The number of aromatic hydroxyl groups is 2. The number of ketones is 3. The topological polar surface area (TPSA) is 177 Å². The van der Waals surface area contributed by atoms with Crippen LogP contribution in [-0.2, 0) is 35.0 Å². The van der Waals surface area contributed by atoms with Gasteiger partial charge in [-0.1, -0.05) is 24.3 Å². The number of phenolic OH excluding ortho intramolecular Hbond substituents is 2. The average molecular weight is 602 g/mol. The third-order valence-electron chi connectivity index (χ3n) is 8.62. The van der Waals surface area contributed by atoms with E-state index in [0.29, 0.717) is 0 Å². The summed E-state index contributed by atoms with van der Waals surface area (Å²) in [4.78, 5) is 41.6. The molecule has 2 aromatic carbocycles. The van der Waals surface area contributed by atoms with Gasteiger partial charge in [0.1, 0.15) is 23.2 Å². The molecule has 0 saturated carbocycles. The quantitative estimate of drug-likeness (QED) is 0.210. The second-order valence-corrected chi connectivity index (χ2v) is 13.1. The molecule has 2 heterocycles. The number of hydrogen-bond donors (Lipinski definition) is 3. The van der Waals surface area contributed by atoms with Crippen LogP contribution in [0.3, 0.4) is 0 Å². The number of carbonyl (C=O) groups is 3. The molecule has 2 fully saturated rings. The van der Waals surface area contributed by atoms with E-state index in [0.717, 1.165) is 19.3 Å². The fraction of sp³-hybridized carbons (Fsp3) is 0.483. The summed E-state index contributed by atoms with van der Waals surface area (Å²) in [6.07, 6.45) is -3.39. The van der Waals surface area contributed by atoms with Crippen LogP contribution >= 0.6 is 0 Å². The first-order chi connectivity index (χ1) is 19.7. The van der Waals surface area contributed by atoms with Gasteiger partial charge in [-0.25, -0.2) is 0 Å². The van der Waals surface area contributed by atoms with Gasteiger partial charge in [-0.05, 0) is 13.8 Å². The molecule has 42 heavy (non-hydrogen) atoms. The number of rotatable bonds is 6. The van der Waals surface area contributed by atoms with Crippen LogP contribution in [0.5, 0.6) is 11.5 Å². The van der Waals surface area contributed by atoms with Crippen molar-refractivity contribution in [2.75, 3.05) is 19.3 Å². The van der Waals surface area contributed by atoms with Crippen molar-refractivity contribution in [3.63, 3.8) is 0 Å². The van der Waals surface area contributed by atoms with Gasteiger partial charge in [0.2, 0.25) is 0 Å². The van der Waals surface area contributed by atoms with Crippen molar-refractivity contribution in [3.8, 4) is 11.5 Å². The molecule has 0 bridgehead atoms. The summed E-state index contributed by atoms with van der Waals surface area (Å²) in [5, 5.41) is 34.3. The standard InChI is InChI=1S/C29H31NO11S/c1-13-28(41-42(3,37)38)18(30-8-9-30)10-20(39-13)40-19-12-29(36,14(2)31)11-17-21(19)27(35)23-22(26(17)34)24(32)15-6-4-5-7-16(15)25(23)33/h4-7,13,18-20,28,34-36H,8-12H2,1-3H3/t13?,18?,19?,20?,28?,29-/m0/s1. The van der Waals surface area contributed by atoms with E-state index >= 15 is 0 Å². The SMILES string of the molecule is CC(=O)[C@]1(O)Cc2c(O)c3c(c(O)c2C(OC2CC(N4CC4)C(OS(C)(=O)=O)C(C)O2)C1)C(=O)c1ccccc1C3=O. The molecule has 12 nitrogen and oxygen atoms in total. The molecule has 0 aromatic heterocycles. The first-order valence-electron chi connectivity index (χ1n) is 13.7. The minimum absolute atomic E-state index is 0.0215. The molecule has 2 aromatic rings. The molecule has 224 valence electrons. The van der Waals surface area contributed by atoms with Gasteiger partial charge in [-0.2, -0.15) is 8.42 Å². The van der Waals surface area contributed by atoms with Crippen molar-refractivity contribution in [1.29, 1.82) is 0 Å². The van der Waals surface area contributed by atoms with Gasteiger partial charge in [-0.3, -0.25) is 23.5 Å². The molecule has 4 aliphatic rings. The van der Waals surface area contributed by atoms with Crippen LogP contribution in [0.25, 0.3) is 0 Å². The maximum atomic E-state index is 13.5. The Hall–Kier alpha value is -3.20. The van der Waals surface area contributed by atoms with E-state index in [1.807, 2.05) is 4.90 Å². The van der Waals surface area contributed by atoms with Gasteiger partial charge >= 0.3 is 0 Å². The fourth-order valence-corrected chi connectivity index (χ4v) is 7.13. The Morgan fingerprint density at radius 2 is 1.67 bits per heavy atom. The Kier molecular flexibility index (Phi) is 6.83. The Morgan fingerprint density at radius 1 is 1.07 bits per heavy atom. The zero-order valence-corrected chi connectivity index (χ0v) is 24.0. The Balaban J connectivity index is 1.42. The summed E-state index contributed by atoms with van der Waals surface area (Å²) < 4.78 is 41.5. The maximum absolute atomic E-state index is 13.5. The zero-order valence-electron chi connectivity index (χ0n) is 23.2. The van der Waals surface area contributed by atoms with Crippen LogP contribution in [0.1, 0.15) is 75.8 Å². The van der Waals surface area contributed by atoms with Gasteiger partial charge in [0.25, 0.3) is 10.1 Å². The van der Waals surface area contributed by atoms with Gasteiger partial charge in [-0.15, -0.1) is 0 Å². The predicted molar refractivity (Wildman–Crippen MR) is 145 cm³/mol. The zero-order chi connectivity index (χ0) is 30.3. The Labute approximate surface area is 241 Å². The average Bonchev–Trinajstić information content (AvgIpc) is 3.75. The summed E-state index contributed by atoms with van der Waals surface area (Å²) in [5.74, 6) is -3.14. The van der Waals surface area contributed by atoms with E-state index in [1.54, 1.807) is 19.1 Å². The lowest BCUT2D eigenvalue weighted by Gasteiger charge is -2.43. The number of nitrogens with zero attached hydrogens (tertiary/aromatic N) is 1. The van der Waals surface area contributed by atoms with E-state index in [1.165, 1.54) is 19.1 Å². The number of carbonyl (C=O) groups excluding carboxylic acids is 3. The largest absolute Gasteiger partial charge is 0.507 e. The van der Waals surface area contributed by atoms with Gasteiger partial charge < -0.3 is 24.8 Å². The van der Waals surface area contributed by atoms with Crippen LogP contribution in [0, 0.1) is 0 Å². The summed E-state index contributed by atoms with van der Waals surface area (Å²) in [6.45, 7) is 4.28. The first-order valence-corrected chi connectivity index (χ1v) is 15.5. The fourth-order valence-electron chi connectivity index (χ4n) is 6.44. The second kappa shape index (κ2) is 9.93. The highest BCUT2D eigenvalue weighted by Gasteiger charge is 2.50. The van der Waals surface area contributed by atoms with Crippen molar-refractivity contribution in [1.82, 2.24) is 4.90 Å². The lowest BCUT2D eigenvalue weighted by Crippen LogP contribution is -2.53. The lowest BCUT2D eigenvalue weighted by atomic mass is 9.72. The number of phenols is 2. The number of hydrogen-bond acceptors (Lipinski definition) is 12. The molecule has 0 amide bonds. The normalized spacial score (nSPS) is 30.8. The summed E-state index contributed by atoms with van der Waals surface area (Å²) in [5.41, 5.74) is -2.76. The van der Waals surface area contributed by atoms with E-state index in [9.17, 15) is 38.1 Å². The van der Waals surface area contributed by atoms with Gasteiger partial charge in [0, 0.05) is 60.6 Å². The highest BCUT2D eigenvalue weighted by atomic mass is 32.2. The molecular weight excluding hydrogens is 570 g/mol. The molecule has 6 atom stereocenters. The third-order valence-corrected chi connectivity index (χ3v) is 9.20. The summed E-state index contributed by atoms with van der Waals surface area (Å²) in [7, 11) is -3.79. The van der Waals surface area contributed by atoms with Crippen LogP contribution in [0.2, 0.25) is 0 Å². The van der Waals surface area contributed by atoms with Crippen molar-refractivity contribution in [2.24, 2.45) is 0 Å². The molecule has 6 rings (SSSR count). The molecule has 2 saturated heterocycles. The Bertz CT molecular complexity index is 1630. The highest BCUT2D eigenvalue weighted by Crippen LogP contribution is 2.52. The van der Waals surface area contributed by atoms with Crippen molar-refractivity contribution >= 4 is 27.5 Å². The van der Waals surface area contributed by atoms with Gasteiger partial charge in [0.15, 0.2) is 23.6 Å². The highest BCUT2D eigenvalue weighted by molar-refractivity contribution is 7.86. The van der Waals surface area contributed by atoms with E-state index in [2.05, 4.69) is 0 Å². The smallest absolute Gasteiger partial charge is 0.264 e. The van der Waals surface area contributed by atoms with Crippen molar-refractivity contribution in [2.45, 2.75) is 69.4 Å². The predicted octanol–water partition coefficient (Wildman–Crippen LogP) is 1.36. The molecule has 2 aliphatic carbocycles. The van der Waals surface area contributed by atoms with E-state index in [4.69, 9.17) is 13.7 Å². The molecule has 2 aliphatic heterocycles. The van der Waals surface area contributed by atoms with E-state index in [-0.39, 0.29) is 46.7 Å². The molecule has 13 heteroatoms. The van der Waals surface area contributed by atoms with Crippen LogP contribution in [0.15, 0.2) is 24.3 Å². The monoisotopic (exact) mass is 601 g/mol. The van der Waals surface area contributed by atoms with Crippen LogP contribution in [-0.4, -0.2) is 95.5 Å². The second-order valence-electron chi connectivity index (χ2n) is 11.5. The third kappa shape index (κ3) is 4.74. The lowest BCUT2D eigenvalue weighted by molar-refractivity contribution is -0.250. The maximum Gasteiger partial charge on any atom is 0.264 e. The molecular formula is C29H31NO11S. The number of Topliss-reactive ketones (excluding diaryl/α,β-unsaturated/α-hetero) is 1. The van der Waals surface area contributed by atoms with Crippen LogP contribution < -0.4 is 0 Å². The summed E-state index contributed by atoms with van der Waals surface area (Å²) in [6, 6.07) is 5.67. The number of ether oxygens (including phenoxy) is 2. The first kappa shape index (κ1) is 28.9. The van der Waals surface area contributed by atoms with Crippen LogP contribution in [0.4, 0.5) is 0 Å². The molecule has 0 spiro atoms. The molecule has 5 unspecified atom stereocenters. The Morgan fingerprint density at radius 3 is 2.21 bits per heavy atom. The number of benzene rings is 2. The minimum atomic E-state index is -3.79. The summed E-state index contributed by atoms with van der Waals surface area (Å²) >= 11 is 0. The minimum Gasteiger partial charge on any atom is -0.507 e. The van der Waals surface area contributed by atoms with Crippen molar-refractivity contribution < 1.29 is 51.8 Å².